The number of carboxylic acid groups (broad SMARTS) is 1. The van der Waals surface area contributed by atoms with Crippen LogP contribution >= 0.6 is 0 Å². The van der Waals surface area contributed by atoms with E-state index in [1.165, 1.54) is 24.3 Å². The van der Waals surface area contributed by atoms with E-state index in [4.69, 9.17) is 9.84 Å². The maximum absolute atomic E-state index is 12.2. The number of ether oxygens (including phenoxy) is 1. The number of rotatable bonds is 7. The molecule has 0 aromatic heterocycles. The normalized spacial score (nSPS) is 18.1. The van der Waals surface area contributed by atoms with Crippen molar-refractivity contribution in [2.45, 2.75) is 17.7 Å². The van der Waals surface area contributed by atoms with E-state index in [2.05, 4.69) is 4.72 Å². The lowest BCUT2D eigenvalue weighted by molar-refractivity contribution is -0.132. The Kier molecular flexibility index (Phi) is 6.51. The van der Waals surface area contributed by atoms with Crippen LogP contribution < -0.4 is 4.72 Å². The molecule has 2 N–H and O–H groups in total. The number of nitrogens with one attached hydrogen (secondary N) is 1. The minimum Gasteiger partial charge on any atom is -0.478 e. The molecule has 1 aliphatic rings. The molecule has 1 heterocycles. The molecule has 9 heteroatoms. The molecule has 0 aliphatic carbocycles. The minimum absolute atomic E-state index is 0.00692. The highest BCUT2D eigenvalue weighted by Crippen LogP contribution is 2.17. The van der Waals surface area contributed by atoms with Crippen LogP contribution in [0.15, 0.2) is 29.2 Å². The Labute approximate surface area is 146 Å². The molecule has 1 aromatic carbocycles. The molecule has 1 amide bonds. The van der Waals surface area contributed by atoms with E-state index in [1.807, 2.05) is 0 Å². The first-order valence-electron chi connectivity index (χ1n) is 7.93. The van der Waals surface area contributed by atoms with Crippen molar-refractivity contribution in [1.82, 2.24) is 9.62 Å². The third kappa shape index (κ3) is 5.25. The van der Waals surface area contributed by atoms with Gasteiger partial charge in [0.25, 0.3) is 0 Å². The zero-order chi connectivity index (χ0) is 18.4. The van der Waals surface area contributed by atoms with Crippen LogP contribution in [0.1, 0.15) is 23.2 Å². The van der Waals surface area contributed by atoms with Crippen molar-refractivity contribution in [1.29, 1.82) is 0 Å². The zero-order valence-corrected chi connectivity index (χ0v) is 14.8. The molecule has 0 bridgehead atoms. The minimum atomic E-state index is -3.88. The van der Waals surface area contributed by atoms with Crippen LogP contribution in [0, 0.1) is 5.92 Å². The number of benzene rings is 1. The van der Waals surface area contributed by atoms with Crippen molar-refractivity contribution >= 4 is 21.9 Å². The summed E-state index contributed by atoms with van der Waals surface area (Å²) >= 11 is 0. The second-order valence-corrected chi connectivity index (χ2v) is 7.72. The molecular weight excluding hydrogens is 348 g/mol. The van der Waals surface area contributed by atoms with Crippen molar-refractivity contribution in [2.75, 3.05) is 33.4 Å². The first kappa shape index (κ1) is 19.4. The monoisotopic (exact) mass is 370 g/mol. The molecule has 2 rings (SSSR count). The van der Waals surface area contributed by atoms with Gasteiger partial charge in [-0.1, -0.05) is 0 Å². The van der Waals surface area contributed by atoms with E-state index in [0.717, 1.165) is 12.8 Å². The summed E-state index contributed by atoms with van der Waals surface area (Å²) in [6.45, 7) is 1.41. The van der Waals surface area contributed by atoms with Gasteiger partial charge in [-0.15, -0.1) is 0 Å². The quantitative estimate of drug-likeness (QED) is 0.725. The predicted octanol–water partition coefficient (Wildman–Crippen LogP) is 0.548. The molecule has 1 aromatic rings. The number of likely N-dealkylation sites (tertiary alicyclic amines) is 1. The fraction of sp³-hybridized carbons (Fsp3) is 0.500. The van der Waals surface area contributed by atoms with Gasteiger partial charge < -0.3 is 14.7 Å². The summed E-state index contributed by atoms with van der Waals surface area (Å²) in [5, 5.41) is 8.83. The second-order valence-electron chi connectivity index (χ2n) is 5.96. The molecule has 0 radical (unpaired) electrons. The fourth-order valence-corrected chi connectivity index (χ4v) is 3.77. The highest BCUT2D eigenvalue weighted by molar-refractivity contribution is 7.89. The molecule has 0 spiro atoms. The van der Waals surface area contributed by atoms with Gasteiger partial charge in [0, 0.05) is 20.2 Å². The van der Waals surface area contributed by atoms with Crippen molar-refractivity contribution in [3.8, 4) is 0 Å². The number of hydrogen-bond donors (Lipinski definition) is 2. The predicted molar refractivity (Wildman–Crippen MR) is 89.8 cm³/mol. The molecule has 1 fully saturated rings. The van der Waals surface area contributed by atoms with E-state index < -0.39 is 16.0 Å². The number of carboxylic acids is 1. The largest absolute Gasteiger partial charge is 0.478 e. The van der Waals surface area contributed by atoms with E-state index in [1.54, 1.807) is 12.0 Å². The van der Waals surface area contributed by atoms with Crippen LogP contribution in [-0.2, 0) is 19.6 Å². The lowest BCUT2D eigenvalue weighted by Gasteiger charge is -2.32. The highest BCUT2D eigenvalue weighted by atomic mass is 32.2. The summed E-state index contributed by atoms with van der Waals surface area (Å²) in [6.07, 6.45) is 1.85. The van der Waals surface area contributed by atoms with Crippen molar-refractivity contribution < 1.29 is 27.9 Å². The molecule has 25 heavy (non-hydrogen) atoms. The smallest absolute Gasteiger partial charge is 0.335 e. The van der Waals surface area contributed by atoms with Gasteiger partial charge in [-0.3, -0.25) is 4.79 Å². The second kappa shape index (κ2) is 8.41. The first-order valence-corrected chi connectivity index (χ1v) is 9.41. The van der Waals surface area contributed by atoms with Crippen LogP contribution in [0.3, 0.4) is 0 Å². The summed E-state index contributed by atoms with van der Waals surface area (Å²) < 4.78 is 31.8. The van der Waals surface area contributed by atoms with E-state index in [9.17, 15) is 18.0 Å². The Hall–Kier alpha value is -1.97. The Balaban J connectivity index is 1.94. The number of methoxy groups -OCH3 is 1. The van der Waals surface area contributed by atoms with Crippen LogP contribution in [0.5, 0.6) is 0 Å². The van der Waals surface area contributed by atoms with Gasteiger partial charge in [-0.25, -0.2) is 17.9 Å². The van der Waals surface area contributed by atoms with Gasteiger partial charge in [0.15, 0.2) is 0 Å². The van der Waals surface area contributed by atoms with E-state index in [-0.39, 0.29) is 28.8 Å². The maximum Gasteiger partial charge on any atom is 0.335 e. The van der Waals surface area contributed by atoms with Gasteiger partial charge in [-0.05, 0) is 43.0 Å². The SMILES string of the molecule is COCC1CCCN(C(=O)CNS(=O)(=O)c2ccc(C(=O)O)cc2)C1. The van der Waals surface area contributed by atoms with Crippen molar-refractivity contribution in [3.63, 3.8) is 0 Å². The molecule has 1 aliphatic heterocycles. The van der Waals surface area contributed by atoms with Gasteiger partial charge in [0.05, 0.1) is 23.6 Å². The van der Waals surface area contributed by atoms with E-state index in [0.29, 0.717) is 19.7 Å². The fourth-order valence-electron chi connectivity index (χ4n) is 2.79. The van der Waals surface area contributed by atoms with Crippen LogP contribution in [0.4, 0.5) is 0 Å². The number of sulfonamides is 1. The summed E-state index contributed by atoms with van der Waals surface area (Å²) in [5.74, 6) is -1.16. The number of carbonyl (C=O) groups is 2. The molecule has 1 unspecified atom stereocenters. The van der Waals surface area contributed by atoms with Gasteiger partial charge in [-0.2, -0.15) is 0 Å². The Morgan fingerprint density at radius 1 is 1.32 bits per heavy atom. The molecule has 1 saturated heterocycles. The average Bonchev–Trinajstić information content (AvgIpc) is 2.60. The Morgan fingerprint density at radius 2 is 2.00 bits per heavy atom. The highest BCUT2D eigenvalue weighted by Gasteiger charge is 2.25. The van der Waals surface area contributed by atoms with E-state index >= 15 is 0 Å². The molecular formula is C16H22N2O6S. The maximum atomic E-state index is 12.2. The molecule has 138 valence electrons. The van der Waals surface area contributed by atoms with Crippen LogP contribution in [0.25, 0.3) is 0 Å². The number of carbonyl (C=O) groups excluding carboxylic acids is 1. The third-order valence-electron chi connectivity index (χ3n) is 4.10. The number of aromatic carboxylic acids is 1. The number of nitrogens with zero attached hydrogens (tertiary/aromatic N) is 1. The van der Waals surface area contributed by atoms with Crippen molar-refractivity contribution in [3.05, 3.63) is 29.8 Å². The number of piperidine rings is 1. The standard InChI is InChI=1S/C16H22N2O6S/c1-24-11-12-3-2-8-18(10-12)15(19)9-17-25(22,23)14-6-4-13(5-7-14)16(20)21/h4-7,12,17H,2-3,8-11H2,1H3,(H,20,21). The summed E-state index contributed by atoms with van der Waals surface area (Å²) in [6, 6.07) is 4.81. The summed E-state index contributed by atoms with van der Waals surface area (Å²) in [7, 11) is -2.26. The Morgan fingerprint density at radius 3 is 2.60 bits per heavy atom. The lowest BCUT2D eigenvalue weighted by Crippen LogP contribution is -2.45. The number of amides is 1. The van der Waals surface area contributed by atoms with Gasteiger partial charge in [0.2, 0.25) is 15.9 Å². The summed E-state index contributed by atoms with van der Waals surface area (Å²) in [4.78, 5) is 24.6. The summed E-state index contributed by atoms with van der Waals surface area (Å²) in [5.41, 5.74) is -0.00692. The van der Waals surface area contributed by atoms with Crippen LogP contribution in [0.2, 0.25) is 0 Å². The third-order valence-corrected chi connectivity index (χ3v) is 5.52. The average molecular weight is 370 g/mol. The Bertz CT molecular complexity index is 715. The zero-order valence-electron chi connectivity index (χ0n) is 14.0. The lowest BCUT2D eigenvalue weighted by atomic mass is 9.99. The van der Waals surface area contributed by atoms with Gasteiger partial charge in [0.1, 0.15) is 0 Å². The topological polar surface area (TPSA) is 113 Å². The number of hydrogen-bond acceptors (Lipinski definition) is 5. The molecule has 1 atom stereocenters. The molecule has 8 nitrogen and oxygen atoms in total. The van der Waals surface area contributed by atoms with Crippen LogP contribution in [-0.4, -0.2) is 63.7 Å². The van der Waals surface area contributed by atoms with Gasteiger partial charge >= 0.3 is 5.97 Å². The van der Waals surface area contributed by atoms with Crippen molar-refractivity contribution in [2.24, 2.45) is 5.92 Å². The first-order chi connectivity index (χ1) is 11.8. The molecule has 0 saturated carbocycles.